The number of rotatable bonds is 6. The van der Waals surface area contributed by atoms with Crippen molar-refractivity contribution in [2.24, 2.45) is 7.05 Å². The number of aromatic nitrogens is 5. The zero-order chi connectivity index (χ0) is 29.0. The van der Waals surface area contributed by atoms with Gasteiger partial charge in [0.15, 0.2) is 0 Å². The Balaban J connectivity index is 1.65. The Labute approximate surface area is 239 Å². The van der Waals surface area contributed by atoms with Gasteiger partial charge in [0.25, 0.3) is 0 Å². The van der Waals surface area contributed by atoms with E-state index in [1.165, 1.54) is 23.5 Å². The summed E-state index contributed by atoms with van der Waals surface area (Å²) in [4.78, 5) is 23.8. The lowest BCUT2D eigenvalue weighted by Crippen LogP contribution is -2.44. The zero-order valence-corrected chi connectivity index (χ0v) is 23.9. The Bertz CT molecular complexity index is 1820. The van der Waals surface area contributed by atoms with E-state index in [1.54, 1.807) is 25.1 Å². The first kappa shape index (κ1) is 26.8. The van der Waals surface area contributed by atoms with Gasteiger partial charge >= 0.3 is 0 Å². The van der Waals surface area contributed by atoms with Crippen LogP contribution in [-0.4, -0.2) is 47.3 Å². The lowest BCUT2D eigenvalue weighted by atomic mass is 9.97. The van der Waals surface area contributed by atoms with Crippen LogP contribution < -0.4 is 4.74 Å². The van der Waals surface area contributed by atoms with E-state index in [4.69, 9.17) is 14.8 Å². The molecule has 0 bridgehead atoms. The summed E-state index contributed by atoms with van der Waals surface area (Å²) < 4.78 is 40.7. The SMILES string of the molecule is C=CC(=O)N1Cc2cc(-c3nc(-c4cn(C)cn4)c4ccsc4c3-c3c(F)cc(F)cc3OC(C)C)nn2CC1C. The molecule has 210 valence electrons. The summed E-state index contributed by atoms with van der Waals surface area (Å²) in [5.74, 6) is -1.57. The van der Waals surface area contributed by atoms with E-state index in [0.29, 0.717) is 41.4 Å². The second-order valence-electron chi connectivity index (χ2n) is 10.4. The molecule has 0 spiro atoms. The van der Waals surface area contributed by atoms with Crippen molar-refractivity contribution in [1.82, 2.24) is 29.2 Å². The van der Waals surface area contributed by atoms with Crippen LogP contribution in [0.4, 0.5) is 8.78 Å². The maximum absolute atomic E-state index is 15.8. The average Bonchev–Trinajstić information content (AvgIpc) is 3.66. The van der Waals surface area contributed by atoms with Crippen molar-refractivity contribution in [3.8, 4) is 39.7 Å². The molecule has 6 rings (SSSR count). The summed E-state index contributed by atoms with van der Waals surface area (Å²) in [6.45, 7) is 10.0. The molecule has 4 aromatic heterocycles. The van der Waals surface area contributed by atoms with Crippen LogP contribution in [0.1, 0.15) is 26.5 Å². The monoisotopic (exact) mass is 574 g/mol. The molecular weight excluding hydrogens is 546 g/mol. The van der Waals surface area contributed by atoms with Crippen molar-refractivity contribution in [1.29, 1.82) is 0 Å². The number of ether oxygens (including phenoxy) is 1. The normalized spacial score (nSPS) is 15.0. The molecule has 11 heteroatoms. The number of amides is 1. The summed E-state index contributed by atoms with van der Waals surface area (Å²) in [5.41, 5.74) is 3.58. The third-order valence-electron chi connectivity index (χ3n) is 7.05. The summed E-state index contributed by atoms with van der Waals surface area (Å²) in [6, 6.07) is 5.75. The fourth-order valence-corrected chi connectivity index (χ4v) is 6.21. The highest BCUT2D eigenvalue weighted by molar-refractivity contribution is 7.18. The van der Waals surface area contributed by atoms with Crippen molar-refractivity contribution in [3.63, 3.8) is 0 Å². The van der Waals surface area contributed by atoms with E-state index in [9.17, 15) is 9.18 Å². The molecule has 0 aliphatic carbocycles. The predicted octanol–water partition coefficient (Wildman–Crippen LogP) is 6.21. The first-order chi connectivity index (χ1) is 19.6. The third kappa shape index (κ3) is 4.69. The highest BCUT2D eigenvalue weighted by Gasteiger charge is 2.30. The number of benzene rings is 1. The Morgan fingerprint density at radius 1 is 1.20 bits per heavy atom. The first-order valence-electron chi connectivity index (χ1n) is 13.2. The topological polar surface area (TPSA) is 78.1 Å². The van der Waals surface area contributed by atoms with Gasteiger partial charge in [0.05, 0.1) is 42.5 Å². The van der Waals surface area contributed by atoms with Crippen molar-refractivity contribution in [3.05, 3.63) is 72.2 Å². The number of hydrogen-bond acceptors (Lipinski definition) is 6. The lowest BCUT2D eigenvalue weighted by Gasteiger charge is -2.33. The molecule has 5 aromatic rings. The van der Waals surface area contributed by atoms with E-state index in [1.807, 2.05) is 46.9 Å². The van der Waals surface area contributed by atoms with Gasteiger partial charge in [-0.25, -0.2) is 18.7 Å². The summed E-state index contributed by atoms with van der Waals surface area (Å²) in [5, 5.41) is 7.57. The van der Waals surface area contributed by atoms with Gasteiger partial charge in [0.1, 0.15) is 34.5 Å². The van der Waals surface area contributed by atoms with E-state index in [0.717, 1.165) is 21.8 Å². The van der Waals surface area contributed by atoms with E-state index >= 15 is 4.39 Å². The molecule has 1 aromatic carbocycles. The number of halogens is 2. The highest BCUT2D eigenvalue weighted by Crippen LogP contribution is 2.47. The van der Waals surface area contributed by atoms with Crippen LogP contribution in [0.5, 0.6) is 5.75 Å². The number of pyridine rings is 1. The van der Waals surface area contributed by atoms with E-state index in [-0.39, 0.29) is 29.4 Å². The van der Waals surface area contributed by atoms with E-state index in [2.05, 4.69) is 11.6 Å². The molecule has 5 heterocycles. The summed E-state index contributed by atoms with van der Waals surface area (Å²) in [6.07, 6.45) is 4.54. The largest absolute Gasteiger partial charge is 0.490 e. The molecule has 0 N–H and O–H groups in total. The van der Waals surface area contributed by atoms with Crippen LogP contribution >= 0.6 is 11.3 Å². The van der Waals surface area contributed by atoms with Crippen LogP contribution in [0.3, 0.4) is 0 Å². The number of hydrogen-bond donors (Lipinski definition) is 0. The maximum Gasteiger partial charge on any atom is 0.246 e. The number of nitrogens with zero attached hydrogens (tertiary/aromatic N) is 6. The second-order valence-corrected chi connectivity index (χ2v) is 11.3. The van der Waals surface area contributed by atoms with Crippen molar-refractivity contribution in [2.45, 2.75) is 46.0 Å². The second kappa shape index (κ2) is 10.2. The number of aryl methyl sites for hydroxylation is 1. The maximum atomic E-state index is 15.8. The highest BCUT2D eigenvalue weighted by atomic mass is 32.1. The fraction of sp³-hybridized carbons (Fsp3) is 0.267. The molecule has 1 unspecified atom stereocenters. The number of thiophene rings is 1. The quantitative estimate of drug-likeness (QED) is 0.226. The Morgan fingerprint density at radius 2 is 2.00 bits per heavy atom. The van der Waals surface area contributed by atoms with Crippen LogP contribution in [0.15, 0.2) is 54.8 Å². The smallest absolute Gasteiger partial charge is 0.246 e. The minimum absolute atomic E-state index is 0.0844. The van der Waals surface area contributed by atoms with Crippen LogP contribution in [-0.2, 0) is 24.9 Å². The molecule has 41 heavy (non-hydrogen) atoms. The molecule has 0 fully saturated rings. The van der Waals surface area contributed by atoms with Gasteiger partial charge < -0.3 is 14.2 Å². The standard InChI is InChI=1S/C30H28F2N6O2S/c1-6-25(39)37-13-19-11-22(35-38(19)12-17(37)4)29-27(26-21(32)9-18(31)10-24(26)40-16(2)3)30-20(7-8-41-30)28(34-29)23-14-36(5)15-33-23/h6-11,14-17H,1,12-13H2,2-5H3. The minimum atomic E-state index is -0.760. The van der Waals surface area contributed by atoms with Gasteiger partial charge in [-0.15, -0.1) is 11.3 Å². The van der Waals surface area contributed by atoms with Crippen LogP contribution in [0, 0.1) is 11.6 Å². The molecule has 1 aliphatic rings. The molecule has 0 saturated carbocycles. The third-order valence-corrected chi connectivity index (χ3v) is 7.98. The molecule has 0 radical (unpaired) electrons. The van der Waals surface area contributed by atoms with Gasteiger partial charge in [0.2, 0.25) is 5.91 Å². The summed E-state index contributed by atoms with van der Waals surface area (Å²) in [7, 11) is 1.88. The number of imidazole rings is 1. The van der Waals surface area contributed by atoms with Gasteiger partial charge in [0, 0.05) is 47.1 Å². The predicted molar refractivity (Wildman–Crippen MR) is 154 cm³/mol. The fourth-order valence-electron chi connectivity index (χ4n) is 5.26. The van der Waals surface area contributed by atoms with Gasteiger partial charge in [-0.3, -0.25) is 9.48 Å². The number of carbonyl (C=O) groups is 1. The molecule has 1 amide bonds. The number of fused-ring (bicyclic) bond motifs is 2. The van der Waals surface area contributed by atoms with Crippen LogP contribution in [0.2, 0.25) is 0 Å². The summed E-state index contributed by atoms with van der Waals surface area (Å²) >= 11 is 1.43. The van der Waals surface area contributed by atoms with Crippen molar-refractivity contribution < 1.29 is 18.3 Å². The number of carbonyl (C=O) groups excluding carboxylic acids is 1. The minimum Gasteiger partial charge on any atom is -0.490 e. The van der Waals surface area contributed by atoms with E-state index < -0.39 is 11.6 Å². The first-order valence-corrected chi connectivity index (χ1v) is 14.1. The molecule has 0 saturated heterocycles. The Kier molecular flexibility index (Phi) is 6.69. The molecular formula is C30H28F2N6O2S. The van der Waals surface area contributed by atoms with Crippen molar-refractivity contribution >= 4 is 27.3 Å². The Hall–Kier alpha value is -4.38. The van der Waals surface area contributed by atoms with Crippen molar-refractivity contribution in [2.75, 3.05) is 0 Å². The zero-order valence-electron chi connectivity index (χ0n) is 23.1. The van der Waals surface area contributed by atoms with Gasteiger partial charge in [-0.1, -0.05) is 6.58 Å². The molecule has 1 atom stereocenters. The lowest BCUT2D eigenvalue weighted by molar-refractivity contribution is -0.129. The molecule has 8 nitrogen and oxygen atoms in total. The van der Waals surface area contributed by atoms with Crippen LogP contribution in [0.25, 0.3) is 44.0 Å². The van der Waals surface area contributed by atoms with Gasteiger partial charge in [-0.05, 0) is 44.4 Å². The van der Waals surface area contributed by atoms with Gasteiger partial charge in [-0.2, -0.15) is 5.10 Å². The average molecular weight is 575 g/mol. The Morgan fingerprint density at radius 3 is 2.71 bits per heavy atom. The molecule has 1 aliphatic heterocycles.